The van der Waals surface area contributed by atoms with E-state index in [9.17, 15) is 9.59 Å². The van der Waals surface area contributed by atoms with Crippen molar-refractivity contribution < 1.29 is 4.79 Å². The molecule has 0 saturated heterocycles. The monoisotopic (exact) mass is 347 g/mol. The lowest BCUT2D eigenvalue weighted by Gasteiger charge is -2.09. The molecule has 3 rings (SSSR count). The van der Waals surface area contributed by atoms with Gasteiger partial charge in [0.1, 0.15) is 0 Å². The lowest BCUT2D eigenvalue weighted by molar-refractivity contribution is -0.115. The summed E-state index contributed by atoms with van der Waals surface area (Å²) in [5.74, 6) is 0.399. The van der Waals surface area contributed by atoms with E-state index in [1.54, 1.807) is 6.07 Å². The minimum atomic E-state index is -0.248. The van der Waals surface area contributed by atoms with Crippen LogP contribution in [0, 0.1) is 0 Å². The van der Waals surface area contributed by atoms with Crippen LogP contribution >= 0.6 is 0 Å². The Morgan fingerprint density at radius 1 is 1.08 bits per heavy atom. The third-order valence-electron chi connectivity index (χ3n) is 4.13. The fourth-order valence-electron chi connectivity index (χ4n) is 2.67. The zero-order valence-electron chi connectivity index (χ0n) is 14.8. The predicted molar refractivity (Wildman–Crippen MR) is 103 cm³/mol. The number of aromatic amines is 1. The van der Waals surface area contributed by atoms with Crippen LogP contribution in [0.15, 0.2) is 65.5 Å². The zero-order chi connectivity index (χ0) is 18.5. The molecule has 132 valence electrons. The number of nitrogens with one attached hydrogen (secondary N) is 2. The molecule has 2 N–H and O–H groups in total. The predicted octanol–water partition coefficient (Wildman–Crippen LogP) is 3.74. The molecule has 0 radical (unpaired) electrons. The first-order valence-electron chi connectivity index (χ1n) is 8.56. The quantitative estimate of drug-likeness (QED) is 0.738. The molecule has 0 bridgehead atoms. The van der Waals surface area contributed by atoms with Gasteiger partial charge >= 0.3 is 0 Å². The van der Waals surface area contributed by atoms with Crippen LogP contribution in [0.5, 0.6) is 0 Å². The molecular weight excluding hydrogens is 326 g/mol. The Bertz CT molecular complexity index is 939. The molecule has 0 aliphatic heterocycles. The number of hydrogen-bond donors (Lipinski definition) is 2. The molecule has 5 heteroatoms. The summed E-state index contributed by atoms with van der Waals surface area (Å²) in [7, 11) is 0. The van der Waals surface area contributed by atoms with E-state index in [1.807, 2.05) is 36.4 Å². The van der Waals surface area contributed by atoms with Crippen LogP contribution < -0.4 is 10.9 Å². The number of amides is 1. The molecule has 0 aliphatic rings. The van der Waals surface area contributed by atoms with Gasteiger partial charge < -0.3 is 5.32 Å². The molecule has 26 heavy (non-hydrogen) atoms. The van der Waals surface area contributed by atoms with Gasteiger partial charge in [0.05, 0.1) is 12.1 Å². The fourth-order valence-corrected chi connectivity index (χ4v) is 2.67. The van der Waals surface area contributed by atoms with Crippen LogP contribution in [-0.4, -0.2) is 16.1 Å². The van der Waals surface area contributed by atoms with Crippen molar-refractivity contribution in [2.24, 2.45) is 0 Å². The minimum Gasteiger partial charge on any atom is -0.326 e. The van der Waals surface area contributed by atoms with Gasteiger partial charge in [-0.1, -0.05) is 50.2 Å². The van der Waals surface area contributed by atoms with E-state index in [2.05, 4.69) is 41.5 Å². The maximum absolute atomic E-state index is 12.3. The lowest BCUT2D eigenvalue weighted by atomic mass is 10.0. The number of carbonyl (C=O) groups is 1. The number of rotatable bonds is 5. The number of anilines is 1. The Kier molecular flexibility index (Phi) is 5.27. The Hall–Kier alpha value is -3.21. The first kappa shape index (κ1) is 17.6. The van der Waals surface area contributed by atoms with E-state index < -0.39 is 0 Å². The van der Waals surface area contributed by atoms with Crippen molar-refractivity contribution in [1.29, 1.82) is 0 Å². The summed E-state index contributed by atoms with van der Waals surface area (Å²) in [5.41, 5.74) is 4.15. The number of hydrogen-bond acceptors (Lipinski definition) is 3. The highest BCUT2D eigenvalue weighted by Gasteiger charge is 2.07. The summed E-state index contributed by atoms with van der Waals surface area (Å²) < 4.78 is 0. The third kappa shape index (κ3) is 4.45. The van der Waals surface area contributed by atoms with Gasteiger partial charge in [-0.3, -0.25) is 9.59 Å². The Morgan fingerprint density at radius 3 is 2.50 bits per heavy atom. The number of H-pyrrole nitrogens is 1. The molecule has 0 atom stereocenters. The number of benzene rings is 2. The maximum atomic E-state index is 12.3. The molecule has 0 unspecified atom stereocenters. The highest BCUT2D eigenvalue weighted by Crippen LogP contribution is 2.20. The van der Waals surface area contributed by atoms with Gasteiger partial charge in [0, 0.05) is 17.3 Å². The van der Waals surface area contributed by atoms with Crippen molar-refractivity contribution in [2.45, 2.75) is 26.2 Å². The van der Waals surface area contributed by atoms with Crippen LogP contribution in [0.3, 0.4) is 0 Å². The van der Waals surface area contributed by atoms with Crippen molar-refractivity contribution in [1.82, 2.24) is 10.2 Å². The molecule has 0 spiro atoms. The van der Waals surface area contributed by atoms with E-state index in [-0.39, 0.29) is 11.5 Å². The molecular formula is C21H21N3O2. The molecule has 2 aromatic carbocycles. The summed E-state index contributed by atoms with van der Waals surface area (Å²) in [5, 5.41) is 9.33. The summed E-state index contributed by atoms with van der Waals surface area (Å²) in [6.07, 6.45) is 0.319. The lowest BCUT2D eigenvalue weighted by Crippen LogP contribution is -2.14. The van der Waals surface area contributed by atoms with Gasteiger partial charge in [0.25, 0.3) is 5.56 Å². The van der Waals surface area contributed by atoms with Gasteiger partial charge in [-0.25, -0.2) is 5.10 Å². The second kappa shape index (κ2) is 7.78. The SMILES string of the molecule is CC(C)c1ccc(CC(=O)Nc2cccc(-c3ccc(=O)[nH]n3)c2)cc1. The smallest absolute Gasteiger partial charge is 0.264 e. The normalized spacial score (nSPS) is 10.7. The maximum Gasteiger partial charge on any atom is 0.264 e. The summed E-state index contributed by atoms with van der Waals surface area (Å²) in [6.45, 7) is 4.29. The van der Waals surface area contributed by atoms with Crippen LogP contribution in [-0.2, 0) is 11.2 Å². The molecule has 5 nitrogen and oxygen atoms in total. The van der Waals surface area contributed by atoms with Crippen molar-refractivity contribution in [2.75, 3.05) is 5.32 Å². The largest absolute Gasteiger partial charge is 0.326 e. The first-order chi connectivity index (χ1) is 12.5. The second-order valence-electron chi connectivity index (χ2n) is 6.51. The average molecular weight is 347 g/mol. The molecule has 1 aromatic heterocycles. The first-order valence-corrected chi connectivity index (χ1v) is 8.56. The highest BCUT2D eigenvalue weighted by atomic mass is 16.1. The summed E-state index contributed by atoms with van der Waals surface area (Å²) >= 11 is 0. The minimum absolute atomic E-state index is 0.0751. The van der Waals surface area contributed by atoms with E-state index in [0.717, 1.165) is 11.1 Å². The van der Waals surface area contributed by atoms with Gasteiger partial charge in [0.2, 0.25) is 5.91 Å². The van der Waals surface area contributed by atoms with Crippen molar-refractivity contribution in [3.05, 3.63) is 82.1 Å². The highest BCUT2D eigenvalue weighted by molar-refractivity contribution is 5.92. The third-order valence-corrected chi connectivity index (χ3v) is 4.13. The molecule has 0 saturated carbocycles. The number of nitrogens with zero attached hydrogens (tertiary/aromatic N) is 1. The van der Waals surface area contributed by atoms with Gasteiger partial charge in [-0.2, -0.15) is 5.10 Å². The number of carbonyl (C=O) groups excluding carboxylic acids is 1. The number of aromatic nitrogens is 2. The van der Waals surface area contributed by atoms with E-state index in [0.29, 0.717) is 23.7 Å². The standard InChI is InChI=1S/C21H21N3O2/c1-14(2)16-8-6-15(7-9-16)12-21(26)22-18-5-3-4-17(13-18)19-10-11-20(25)24-23-19/h3-11,13-14H,12H2,1-2H3,(H,22,26)(H,24,25). The molecule has 1 amide bonds. The van der Waals surface area contributed by atoms with Crippen LogP contribution in [0.2, 0.25) is 0 Å². The van der Waals surface area contributed by atoms with E-state index in [4.69, 9.17) is 0 Å². The Labute approximate surface area is 152 Å². The van der Waals surface area contributed by atoms with Crippen molar-refractivity contribution >= 4 is 11.6 Å². The van der Waals surface area contributed by atoms with Crippen LogP contribution in [0.4, 0.5) is 5.69 Å². The van der Waals surface area contributed by atoms with Crippen molar-refractivity contribution in [3.8, 4) is 11.3 Å². The fraction of sp³-hybridized carbons (Fsp3) is 0.190. The van der Waals surface area contributed by atoms with Crippen molar-refractivity contribution in [3.63, 3.8) is 0 Å². The molecule has 0 aliphatic carbocycles. The molecule has 1 heterocycles. The summed E-state index contributed by atoms with van der Waals surface area (Å²) in [6, 6.07) is 18.6. The van der Waals surface area contributed by atoms with Gasteiger partial charge in [-0.05, 0) is 35.2 Å². The Balaban J connectivity index is 1.68. The average Bonchev–Trinajstić information content (AvgIpc) is 2.63. The van der Waals surface area contributed by atoms with E-state index in [1.165, 1.54) is 11.6 Å². The van der Waals surface area contributed by atoms with Gasteiger partial charge in [-0.15, -0.1) is 0 Å². The van der Waals surface area contributed by atoms with Crippen LogP contribution in [0.1, 0.15) is 30.9 Å². The van der Waals surface area contributed by atoms with E-state index >= 15 is 0 Å². The second-order valence-corrected chi connectivity index (χ2v) is 6.51. The topological polar surface area (TPSA) is 74.8 Å². The van der Waals surface area contributed by atoms with Gasteiger partial charge in [0.15, 0.2) is 0 Å². The summed E-state index contributed by atoms with van der Waals surface area (Å²) in [4.78, 5) is 23.4. The molecule has 3 aromatic rings. The molecule has 0 fully saturated rings. The Morgan fingerprint density at radius 2 is 1.85 bits per heavy atom. The van der Waals surface area contributed by atoms with Crippen LogP contribution in [0.25, 0.3) is 11.3 Å². The zero-order valence-corrected chi connectivity index (χ0v) is 14.8.